The fourth-order valence-electron chi connectivity index (χ4n) is 1.37. The molecule has 0 saturated carbocycles. The number of hydrogen-bond donors (Lipinski definition) is 2. The van der Waals surface area contributed by atoms with Gasteiger partial charge in [-0.25, -0.2) is 9.97 Å². The summed E-state index contributed by atoms with van der Waals surface area (Å²) in [5.41, 5.74) is 0. The summed E-state index contributed by atoms with van der Waals surface area (Å²) in [7, 11) is 0. The monoisotopic (exact) mass is 265 g/mol. The van der Waals surface area contributed by atoms with E-state index in [1.807, 2.05) is 6.92 Å². The highest BCUT2D eigenvalue weighted by Crippen LogP contribution is 2.10. The fraction of sp³-hybridized carbons (Fsp3) is 0.273. The largest absolute Gasteiger partial charge is 0.304 e. The predicted molar refractivity (Wildman–Crippen MR) is 67.6 cm³/mol. The Balaban J connectivity index is 2.04. The van der Waals surface area contributed by atoms with Crippen molar-refractivity contribution in [1.82, 2.24) is 20.2 Å². The third-order valence-electron chi connectivity index (χ3n) is 2.19. The minimum Gasteiger partial charge on any atom is -0.304 e. The third kappa shape index (κ3) is 3.04. The van der Waals surface area contributed by atoms with E-state index in [4.69, 9.17) is 11.6 Å². The lowest BCUT2D eigenvalue weighted by Gasteiger charge is -2.00. The Morgan fingerprint density at radius 3 is 3.00 bits per heavy atom. The van der Waals surface area contributed by atoms with Crippen molar-refractivity contribution < 1.29 is 4.79 Å². The van der Waals surface area contributed by atoms with E-state index in [1.165, 1.54) is 6.20 Å². The summed E-state index contributed by atoms with van der Waals surface area (Å²) in [5, 5.41) is 9.66. The highest BCUT2D eigenvalue weighted by molar-refractivity contribution is 6.30. The Labute approximate surface area is 109 Å². The number of amides is 1. The number of pyridine rings is 1. The van der Waals surface area contributed by atoms with Gasteiger partial charge in [0.25, 0.3) is 5.91 Å². The maximum Gasteiger partial charge on any atom is 0.296 e. The minimum atomic E-state index is -0.400. The molecule has 2 N–H and O–H groups in total. The molecule has 94 valence electrons. The van der Waals surface area contributed by atoms with E-state index in [1.54, 1.807) is 12.1 Å². The number of nitrogens with zero attached hydrogens (tertiary/aromatic N) is 3. The van der Waals surface area contributed by atoms with E-state index in [0.717, 1.165) is 12.8 Å². The number of anilines is 1. The molecule has 18 heavy (non-hydrogen) atoms. The van der Waals surface area contributed by atoms with Crippen molar-refractivity contribution in [2.75, 3.05) is 5.32 Å². The van der Waals surface area contributed by atoms with Gasteiger partial charge in [-0.2, -0.15) is 0 Å². The van der Waals surface area contributed by atoms with Gasteiger partial charge in [0, 0.05) is 12.6 Å². The fourth-order valence-corrected chi connectivity index (χ4v) is 1.48. The summed E-state index contributed by atoms with van der Waals surface area (Å²) in [6, 6.07) is 3.25. The summed E-state index contributed by atoms with van der Waals surface area (Å²) in [6.45, 7) is 2.03. The first-order chi connectivity index (χ1) is 8.69. The zero-order valence-electron chi connectivity index (χ0n) is 9.77. The zero-order valence-corrected chi connectivity index (χ0v) is 10.5. The van der Waals surface area contributed by atoms with E-state index in [0.29, 0.717) is 16.7 Å². The molecule has 2 rings (SSSR count). The first kappa shape index (κ1) is 12.5. The van der Waals surface area contributed by atoms with Gasteiger partial charge in [0.1, 0.15) is 11.6 Å². The molecular formula is C11H12ClN5O. The number of aromatic nitrogens is 4. The lowest BCUT2D eigenvalue weighted by atomic mass is 10.3. The Morgan fingerprint density at radius 2 is 2.33 bits per heavy atom. The topological polar surface area (TPSA) is 83.6 Å². The van der Waals surface area contributed by atoms with Gasteiger partial charge >= 0.3 is 0 Å². The number of rotatable bonds is 4. The predicted octanol–water partition coefficient (Wildman–Crippen LogP) is 2.06. The molecule has 0 unspecified atom stereocenters. The number of nitrogens with one attached hydrogen (secondary N) is 2. The first-order valence-corrected chi connectivity index (χ1v) is 5.91. The number of carbonyl (C=O) groups excluding carboxylic acids is 1. The van der Waals surface area contributed by atoms with Gasteiger partial charge in [-0.3, -0.25) is 9.89 Å². The third-order valence-corrected chi connectivity index (χ3v) is 2.41. The molecule has 0 atom stereocenters. The van der Waals surface area contributed by atoms with Crippen LogP contribution in [0, 0.1) is 0 Å². The average molecular weight is 266 g/mol. The summed E-state index contributed by atoms with van der Waals surface area (Å²) in [5.74, 6) is 0.816. The number of hydrogen-bond acceptors (Lipinski definition) is 4. The van der Waals surface area contributed by atoms with Crippen molar-refractivity contribution in [2.45, 2.75) is 19.8 Å². The second-order valence-corrected chi connectivity index (χ2v) is 4.11. The van der Waals surface area contributed by atoms with Crippen LogP contribution in [0.1, 0.15) is 29.8 Å². The van der Waals surface area contributed by atoms with Crippen LogP contribution < -0.4 is 5.32 Å². The number of halogens is 1. The molecule has 0 spiro atoms. The van der Waals surface area contributed by atoms with Gasteiger partial charge in [0.05, 0.1) is 5.02 Å². The van der Waals surface area contributed by atoms with Crippen LogP contribution in [0.3, 0.4) is 0 Å². The van der Waals surface area contributed by atoms with Crippen LogP contribution in [0.15, 0.2) is 18.3 Å². The average Bonchev–Trinajstić information content (AvgIpc) is 2.81. The number of aromatic amines is 1. The van der Waals surface area contributed by atoms with Crippen LogP contribution in [0.25, 0.3) is 0 Å². The molecule has 0 bridgehead atoms. The molecule has 2 aromatic rings. The molecule has 1 amide bonds. The number of aryl methyl sites for hydroxylation is 1. The quantitative estimate of drug-likeness (QED) is 0.886. The van der Waals surface area contributed by atoms with Crippen molar-refractivity contribution in [3.63, 3.8) is 0 Å². The minimum absolute atomic E-state index is 0.107. The molecule has 6 nitrogen and oxygen atoms in total. The number of H-pyrrole nitrogens is 1. The van der Waals surface area contributed by atoms with E-state index in [-0.39, 0.29) is 5.82 Å². The standard InChI is InChI=1S/C11H12ClN5O/c1-2-3-9-14-10(17-16-9)11(18)15-8-5-4-7(12)6-13-8/h4-6H,2-3H2,1H3,(H,13,15,18)(H,14,16,17). The normalized spacial score (nSPS) is 10.3. The Hall–Kier alpha value is -1.95. The van der Waals surface area contributed by atoms with E-state index in [9.17, 15) is 4.79 Å². The van der Waals surface area contributed by atoms with Gasteiger partial charge in [0.2, 0.25) is 5.82 Å². The summed E-state index contributed by atoms with van der Waals surface area (Å²) in [4.78, 5) is 19.8. The smallest absolute Gasteiger partial charge is 0.296 e. The van der Waals surface area contributed by atoms with Crippen LogP contribution in [0.5, 0.6) is 0 Å². The summed E-state index contributed by atoms with van der Waals surface area (Å²) < 4.78 is 0. The van der Waals surface area contributed by atoms with Crippen molar-refractivity contribution >= 4 is 23.3 Å². The molecule has 0 fully saturated rings. The molecule has 2 aromatic heterocycles. The Morgan fingerprint density at radius 1 is 1.50 bits per heavy atom. The van der Waals surface area contributed by atoms with Crippen molar-refractivity contribution in [2.24, 2.45) is 0 Å². The molecule has 0 aliphatic carbocycles. The van der Waals surface area contributed by atoms with Gasteiger partial charge < -0.3 is 5.32 Å². The van der Waals surface area contributed by atoms with Gasteiger partial charge in [0.15, 0.2) is 0 Å². The SMILES string of the molecule is CCCc1nc(C(=O)Nc2ccc(Cl)cn2)n[nH]1. The van der Waals surface area contributed by atoms with Crippen LogP contribution in [-0.2, 0) is 6.42 Å². The lowest BCUT2D eigenvalue weighted by Crippen LogP contribution is -2.14. The molecule has 0 aliphatic heterocycles. The second kappa shape index (κ2) is 5.59. The van der Waals surface area contributed by atoms with Gasteiger partial charge in [-0.15, -0.1) is 5.10 Å². The highest BCUT2D eigenvalue weighted by atomic mass is 35.5. The van der Waals surface area contributed by atoms with Gasteiger partial charge in [-0.1, -0.05) is 18.5 Å². The first-order valence-electron chi connectivity index (χ1n) is 5.53. The highest BCUT2D eigenvalue weighted by Gasteiger charge is 2.12. The molecule has 0 radical (unpaired) electrons. The zero-order chi connectivity index (χ0) is 13.0. The molecule has 0 aromatic carbocycles. The molecule has 7 heteroatoms. The molecule has 0 saturated heterocycles. The van der Waals surface area contributed by atoms with Crippen molar-refractivity contribution in [3.05, 3.63) is 35.0 Å². The van der Waals surface area contributed by atoms with Gasteiger partial charge in [-0.05, 0) is 18.6 Å². The van der Waals surface area contributed by atoms with E-state index < -0.39 is 5.91 Å². The summed E-state index contributed by atoms with van der Waals surface area (Å²) in [6.07, 6.45) is 3.16. The molecular weight excluding hydrogens is 254 g/mol. The summed E-state index contributed by atoms with van der Waals surface area (Å²) >= 11 is 5.70. The van der Waals surface area contributed by atoms with Crippen molar-refractivity contribution in [3.8, 4) is 0 Å². The Kier molecular flexibility index (Phi) is 3.88. The van der Waals surface area contributed by atoms with Crippen LogP contribution in [-0.4, -0.2) is 26.1 Å². The Bertz CT molecular complexity index is 537. The van der Waals surface area contributed by atoms with Crippen LogP contribution >= 0.6 is 11.6 Å². The van der Waals surface area contributed by atoms with Crippen molar-refractivity contribution in [1.29, 1.82) is 0 Å². The molecule has 2 heterocycles. The molecule has 0 aliphatic rings. The second-order valence-electron chi connectivity index (χ2n) is 3.67. The maximum atomic E-state index is 11.8. The number of carbonyl (C=O) groups is 1. The van der Waals surface area contributed by atoms with Crippen LogP contribution in [0.2, 0.25) is 5.02 Å². The van der Waals surface area contributed by atoms with E-state index in [2.05, 4.69) is 25.5 Å². The maximum absolute atomic E-state index is 11.8. The lowest BCUT2D eigenvalue weighted by molar-refractivity contribution is 0.101. The van der Waals surface area contributed by atoms with Crippen LogP contribution in [0.4, 0.5) is 5.82 Å². The van der Waals surface area contributed by atoms with E-state index >= 15 is 0 Å².